The van der Waals surface area contributed by atoms with Gasteiger partial charge in [-0.2, -0.15) is 0 Å². The summed E-state index contributed by atoms with van der Waals surface area (Å²) in [5.74, 6) is 0.0734. The van der Waals surface area contributed by atoms with Crippen LogP contribution in [0.4, 0.5) is 17.1 Å². The fourth-order valence-corrected chi connectivity index (χ4v) is 3.07. The van der Waals surface area contributed by atoms with Crippen LogP contribution in [0.1, 0.15) is 38.5 Å². The Labute approximate surface area is 140 Å². The Hall–Kier alpha value is -2.57. The lowest BCUT2D eigenvalue weighted by Crippen LogP contribution is -2.25. The third-order valence-corrected chi connectivity index (χ3v) is 4.32. The predicted molar refractivity (Wildman–Crippen MR) is 91.5 cm³/mol. The van der Waals surface area contributed by atoms with Crippen LogP contribution in [0.15, 0.2) is 23.8 Å². The van der Waals surface area contributed by atoms with Gasteiger partial charge in [0.05, 0.1) is 16.7 Å². The Morgan fingerprint density at radius 2 is 2.17 bits per heavy atom. The Morgan fingerprint density at radius 3 is 3.00 bits per heavy atom. The predicted octanol–water partition coefficient (Wildman–Crippen LogP) is 3.62. The molecule has 24 heavy (non-hydrogen) atoms. The summed E-state index contributed by atoms with van der Waals surface area (Å²) in [6.07, 6.45) is 9.13. The smallest absolute Gasteiger partial charge is 0.296 e. The number of nitrogens with zero attached hydrogens (tertiary/aromatic N) is 1. The molecule has 0 saturated carbocycles. The molecule has 1 amide bonds. The highest BCUT2D eigenvalue weighted by Gasteiger charge is 2.23. The van der Waals surface area contributed by atoms with Crippen LogP contribution in [-0.2, 0) is 4.79 Å². The number of carbonyl (C=O) groups is 1. The van der Waals surface area contributed by atoms with Gasteiger partial charge < -0.3 is 15.4 Å². The molecule has 0 radical (unpaired) electrons. The highest BCUT2D eigenvalue weighted by molar-refractivity contribution is 5.96. The SMILES string of the molecule is O=C1COc2cc([N+](=O)[O-])c(NCCC3=CCCCCC3)cc2N1. The highest BCUT2D eigenvalue weighted by Crippen LogP contribution is 2.37. The number of benzene rings is 1. The Bertz CT molecular complexity index is 685. The van der Waals surface area contributed by atoms with Gasteiger partial charge in [0, 0.05) is 6.54 Å². The molecule has 7 nitrogen and oxygen atoms in total. The van der Waals surface area contributed by atoms with Crippen molar-refractivity contribution in [3.05, 3.63) is 33.9 Å². The average molecular weight is 331 g/mol. The number of hydrogen-bond acceptors (Lipinski definition) is 5. The minimum Gasteiger partial charge on any atom is -0.481 e. The van der Waals surface area contributed by atoms with Crippen molar-refractivity contribution in [2.75, 3.05) is 23.8 Å². The van der Waals surface area contributed by atoms with Crippen molar-refractivity contribution in [3.63, 3.8) is 0 Å². The Kier molecular flexibility index (Phi) is 4.98. The van der Waals surface area contributed by atoms with Crippen LogP contribution in [0.2, 0.25) is 0 Å². The number of fused-ring (bicyclic) bond motifs is 1. The van der Waals surface area contributed by atoms with Gasteiger partial charge in [-0.3, -0.25) is 14.9 Å². The first kappa shape index (κ1) is 16.3. The van der Waals surface area contributed by atoms with Crippen molar-refractivity contribution in [2.45, 2.75) is 38.5 Å². The highest BCUT2D eigenvalue weighted by atomic mass is 16.6. The van der Waals surface area contributed by atoms with E-state index in [1.54, 1.807) is 6.07 Å². The number of carbonyl (C=O) groups excluding carboxylic acids is 1. The first-order valence-electron chi connectivity index (χ1n) is 8.30. The Balaban J connectivity index is 1.71. The molecule has 0 bridgehead atoms. The first-order chi connectivity index (χ1) is 11.6. The van der Waals surface area contributed by atoms with Crippen LogP contribution in [-0.4, -0.2) is 24.0 Å². The van der Waals surface area contributed by atoms with E-state index in [2.05, 4.69) is 16.7 Å². The van der Waals surface area contributed by atoms with Gasteiger partial charge in [0.1, 0.15) is 5.69 Å². The van der Waals surface area contributed by atoms with Gasteiger partial charge in [0.25, 0.3) is 11.6 Å². The van der Waals surface area contributed by atoms with Gasteiger partial charge in [0.15, 0.2) is 12.4 Å². The molecule has 1 aromatic rings. The van der Waals surface area contributed by atoms with Crippen molar-refractivity contribution < 1.29 is 14.5 Å². The molecule has 2 N–H and O–H groups in total. The van der Waals surface area contributed by atoms with Crippen LogP contribution in [0.3, 0.4) is 0 Å². The van der Waals surface area contributed by atoms with Crippen LogP contribution in [0.5, 0.6) is 5.75 Å². The van der Waals surface area contributed by atoms with Crippen molar-refractivity contribution in [1.82, 2.24) is 0 Å². The summed E-state index contributed by atoms with van der Waals surface area (Å²) in [6, 6.07) is 2.94. The molecule has 7 heteroatoms. The third-order valence-electron chi connectivity index (χ3n) is 4.32. The molecule has 1 aliphatic carbocycles. The molecule has 0 unspecified atom stereocenters. The van der Waals surface area contributed by atoms with Crippen LogP contribution >= 0.6 is 0 Å². The number of amides is 1. The zero-order valence-corrected chi connectivity index (χ0v) is 13.5. The number of hydrogen-bond donors (Lipinski definition) is 2. The first-order valence-corrected chi connectivity index (χ1v) is 8.30. The third kappa shape index (κ3) is 3.84. The van der Waals surface area contributed by atoms with Gasteiger partial charge in [-0.25, -0.2) is 0 Å². The number of ether oxygens (including phenoxy) is 1. The van der Waals surface area contributed by atoms with E-state index in [9.17, 15) is 14.9 Å². The molecule has 0 fully saturated rings. The van der Waals surface area contributed by atoms with Gasteiger partial charge in [-0.15, -0.1) is 0 Å². The van der Waals surface area contributed by atoms with E-state index in [1.165, 1.54) is 30.9 Å². The summed E-state index contributed by atoms with van der Waals surface area (Å²) in [5, 5.41) is 17.1. The van der Waals surface area contributed by atoms with Crippen molar-refractivity contribution in [1.29, 1.82) is 0 Å². The summed E-state index contributed by atoms with van der Waals surface area (Å²) in [7, 11) is 0. The molecule has 3 rings (SSSR count). The summed E-state index contributed by atoms with van der Waals surface area (Å²) in [6.45, 7) is 0.505. The second-order valence-electron chi connectivity index (χ2n) is 6.10. The quantitative estimate of drug-likeness (QED) is 0.488. The van der Waals surface area contributed by atoms with Crippen LogP contribution in [0.25, 0.3) is 0 Å². The maximum Gasteiger partial charge on any atom is 0.296 e. The lowest BCUT2D eigenvalue weighted by molar-refractivity contribution is -0.384. The second-order valence-corrected chi connectivity index (χ2v) is 6.10. The van der Waals surface area contributed by atoms with Crippen LogP contribution < -0.4 is 15.4 Å². The number of allylic oxidation sites excluding steroid dienone is 1. The van der Waals surface area contributed by atoms with E-state index < -0.39 is 4.92 Å². The fourth-order valence-electron chi connectivity index (χ4n) is 3.07. The molecular weight excluding hydrogens is 310 g/mol. The zero-order valence-electron chi connectivity index (χ0n) is 13.5. The van der Waals surface area contributed by atoms with E-state index in [4.69, 9.17) is 4.74 Å². The molecule has 2 aliphatic rings. The van der Waals surface area contributed by atoms with Crippen LogP contribution in [0, 0.1) is 10.1 Å². The fraction of sp³-hybridized carbons (Fsp3) is 0.471. The summed E-state index contributed by atoms with van der Waals surface area (Å²) >= 11 is 0. The summed E-state index contributed by atoms with van der Waals surface area (Å²) in [4.78, 5) is 22.3. The maximum atomic E-state index is 11.4. The van der Waals surface area contributed by atoms with Gasteiger partial charge >= 0.3 is 0 Å². The number of nitrogens with one attached hydrogen (secondary N) is 2. The molecule has 0 atom stereocenters. The number of nitro benzene ring substituents is 1. The van der Waals surface area contributed by atoms with Crippen molar-refractivity contribution in [2.24, 2.45) is 0 Å². The second kappa shape index (κ2) is 7.33. The van der Waals surface area contributed by atoms with E-state index in [1.807, 2.05) is 0 Å². The Morgan fingerprint density at radius 1 is 1.29 bits per heavy atom. The van der Waals surface area contributed by atoms with Gasteiger partial charge in [0.2, 0.25) is 0 Å². The molecule has 0 aromatic heterocycles. The van der Waals surface area contributed by atoms with Gasteiger partial charge in [-0.1, -0.05) is 18.1 Å². The molecule has 1 aliphatic heterocycles. The summed E-state index contributed by atoms with van der Waals surface area (Å²) < 4.78 is 5.24. The average Bonchev–Trinajstić information content (AvgIpc) is 2.82. The molecular formula is C17H21N3O4. The van der Waals surface area contributed by atoms with Crippen molar-refractivity contribution >= 4 is 23.0 Å². The lowest BCUT2D eigenvalue weighted by atomic mass is 10.1. The normalized spacial score (nSPS) is 17.0. The number of nitro groups is 1. The van der Waals surface area contributed by atoms with Crippen molar-refractivity contribution in [3.8, 4) is 5.75 Å². The zero-order chi connectivity index (χ0) is 16.9. The summed E-state index contributed by atoms with van der Waals surface area (Å²) in [5.41, 5.74) is 2.24. The van der Waals surface area contributed by atoms with E-state index in [-0.39, 0.29) is 18.2 Å². The molecule has 128 valence electrons. The van der Waals surface area contributed by atoms with E-state index >= 15 is 0 Å². The minimum atomic E-state index is -0.437. The molecule has 1 heterocycles. The largest absolute Gasteiger partial charge is 0.481 e. The maximum absolute atomic E-state index is 11.4. The standard InChI is InChI=1S/C17H21N3O4/c21-17-11-24-16-10-15(20(22)23)13(9-14(16)19-17)18-8-7-12-5-3-1-2-4-6-12/h5,9-10,18H,1-4,6-8,11H2,(H,19,21). The van der Waals surface area contributed by atoms with Gasteiger partial charge in [-0.05, 0) is 38.2 Å². The molecule has 0 spiro atoms. The molecule has 1 aromatic carbocycles. The topological polar surface area (TPSA) is 93.5 Å². The number of rotatable bonds is 5. The van der Waals surface area contributed by atoms with E-state index in [0.717, 1.165) is 19.3 Å². The molecule has 0 saturated heterocycles. The monoisotopic (exact) mass is 331 g/mol. The minimum absolute atomic E-state index is 0.0419. The number of anilines is 2. The lowest BCUT2D eigenvalue weighted by Gasteiger charge is -2.19. The van der Waals surface area contributed by atoms with E-state index in [0.29, 0.717) is 23.7 Å².